The quantitative estimate of drug-likeness (QED) is 0.748. The van der Waals surface area contributed by atoms with Crippen molar-refractivity contribution in [3.05, 3.63) is 42.5 Å². The number of benzene rings is 2. The summed E-state index contributed by atoms with van der Waals surface area (Å²) in [5, 5.41) is 9.54. The normalized spacial score (nSPS) is 21.0. The van der Waals surface area contributed by atoms with Crippen LogP contribution in [0.15, 0.2) is 47.4 Å². The minimum atomic E-state index is -3.76. The number of aliphatic hydroxyl groups is 1. The number of sulfonamides is 1. The van der Waals surface area contributed by atoms with Crippen LogP contribution in [0.3, 0.4) is 0 Å². The van der Waals surface area contributed by atoms with E-state index in [-0.39, 0.29) is 17.5 Å². The average Bonchev–Trinajstić information content (AvgIpc) is 2.89. The molecule has 1 fully saturated rings. The van der Waals surface area contributed by atoms with Crippen LogP contribution in [0.5, 0.6) is 5.75 Å². The fraction of sp³-hybridized carbons (Fsp3) is 0.409. The third kappa shape index (κ3) is 4.13. The summed E-state index contributed by atoms with van der Waals surface area (Å²) in [6.07, 6.45) is -0.612. The molecule has 2 heterocycles. The number of anilines is 1. The van der Waals surface area contributed by atoms with Gasteiger partial charge in [-0.15, -0.1) is 0 Å². The Balaban J connectivity index is 1.77. The monoisotopic (exact) mass is 446 g/mol. The Morgan fingerprint density at radius 2 is 1.94 bits per heavy atom. The summed E-state index contributed by atoms with van der Waals surface area (Å²) in [4.78, 5) is 14.1. The number of carbonyl (C=O) groups is 1. The van der Waals surface area contributed by atoms with Crippen molar-refractivity contribution in [2.24, 2.45) is 0 Å². The number of hydrogen-bond acceptors (Lipinski definition) is 6. The van der Waals surface area contributed by atoms with Crippen molar-refractivity contribution < 1.29 is 27.8 Å². The van der Waals surface area contributed by atoms with Gasteiger partial charge in [-0.1, -0.05) is 24.3 Å². The van der Waals surface area contributed by atoms with Gasteiger partial charge in [0, 0.05) is 17.5 Å². The summed E-state index contributed by atoms with van der Waals surface area (Å²) in [5.41, 5.74) is 1.10. The van der Waals surface area contributed by atoms with Crippen LogP contribution in [-0.2, 0) is 14.8 Å². The molecule has 4 rings (SSSR count). The number of fused-ring (bicyclic) bond motifs is 3. The van der Waals surface area contributed by atoms with Gasteiger partial charge < -0.3 is 14.6 Å². The van der Waals surface area contributed by atoms with E-state index >= 15 is 0 Å². The third-order valence-electron chi connectivity index (χ3n) is 5.21. The van der Waals surface area contributed by atoms with E-state index < -0.39 is 27.8 Å². The lowest BCUT2D eigenvalue weighted by Gasteiger charge is -2.22. The Bertz CT molecular complexity index is 1110. The Morgan fingerprint density at radius 3 is 2.65 bits per heavy atom. The molecule has 0 saturated carbocycles. The highest BCUT2D eigenvalue weighted by molar-refractivity contribution is 7.89. The van der Waals surface area contributed by atoms with E-state index in [4.69, 9.17) is 9.47 Å². The molecular weight excluding hydrogens is 420 g/mol. The van der Waals surface area contributed by atoms with Crippen LogP contribution in [0.25, 0.3) is 11.1 Å². The number of amides is 1. The van der Waals surface area contributed by atoms with Gasteiger partial charge in [-0.3, -0.25) is 4.90 Å². The lowest BCUT2D eigenvalue weighted by Crippen LogP contribution is -2.40. The largest absolute Gasteiger partial charge is 0.491 e. The second-order valence-electron chi connectivity index (χ2n) is 8.71. The van der Waals surface area contributed by atoms with Crippen molar-refractivity contribution in [2.45, 2.75) is 49.8 Å². The van der Waals surface area contributed by atoms with Gasteiger partial charge in [0.2, 0.25) is 10.0 Å². The van der Waals surface area contributed by atoms with Crippen LogP contribution in [0.2, 0.25) is 0 Å². The van der Waals surface area contributed by atoms with Crippen LogP contribution in [0, 0.1) is 0 Å². The number of carbonyl (C=O) groups excluding carboxylic acids is 1. The first kappa shape index (κ1) is 21.6. The number of rotatable bonds is 4. The van der Waals surface area contributed by atoms with Gasteiger partial charge in [0.25, 0.3) is 0 Å². The standard InChI is InChI=1S/C22H26N2O6S/c1-22(2,3)23-31(27,28)20-7-5-4-6-15(20)14-8-9-16-18(12-14)29-11-10-17-19(13-25)30-21(26)24(16)17/h4-9,12,17,19,23,25H,10-11,13H2,1-3H3/t17-,19-/m0/s1. The van der Waals surface area contributed by atoms with E-state index in [1.165, 1.54) is 4.90 Å². The number of ether oxygens (including phenoxy) is 2. The van der Waals surface area contributed by atoms with Gasteiger partial charge in [-0.05, 0) is 44.5 Å². The van der Waals surface area contributed by atoms with E-state index in [2.05, 4.69) is 4.72 Å². The topological polar surface area (TPSA) is 105 Å². The predicted molar refractivity (Wildman–Crippen MR) is 116 cm³/mol. The van der Waals surface area contributed by atoms with Crippen molar-refractivity contribution in [3.63, 3.8) is 0 Å². The molecular formula is C22H26N2O6S. The molecule has 1 saturated heterocycles. The molecule has 0 aliphatic carbocycles. The molecule has 0 spiro atoms. The van der Waals surface area contributed by atoms with E-state index in [0.717, 1.165) is 0 Å². The first-order valence-electron chi connectivity index (χ1n) is 10.1. The molecule has 0 unspecified atom stereocenters. The number of nitrogens with zero attached hydrogens (tertiary/aromatic N) is 1. The van der Waals surface area contributed by atoms with Gasteiger partial charge in [-0.25, -0.2) is 17.9 Å². The second-order valence-corrected chi connectivity index (χ2v) is 10.4. The van der Waals surface area contributed by atoms with Gasteiger partial charge >= 0.3 is 6.09 Å². The Labute approximate surface area is 181 Å². The third-order valence-corrected chi connectivity index (χ3v) is 7.02. The zero-order valence-corrected chi connectivity index (χ0v) is 18.5. The lowest BCUT2D eigenvalue weighted by atomic mass is 10.0. The van der Waals surface area contributed by atoms with E-state index in [9.17, 15) is 18.3 Å². The minimum absolute atomic E-state index is 0.164. The summed E-state index contributed by atoms with van der Waals surface area (Å²) in [6.45, 7) is 5.44. The summed E-state index contributed by atoms with van der Waals surface area (Å²) in [7, 11) is -3.76. The highest BCUT2D eigenvalue weighted by atomic mass is 32.2. The summed E-state index contributed by atoms with van der Waals surface area (Å²) in [6, 6.07) is 11.7. The molecule has 0 aromatic heterocycles. The maximum Gasteiger partial charge on any atom is 0.415 e. The molecule has 2 N–H and O–H groups in total. The maximum atomic E-state index is 13.0. The summed E-state index contributed by atoms with van der Waals surface area (Å²) < 4.78 is 39.9. The first-order chi connectivity index (χ1) is 14.6. The second kappa shape index (κ2) is 7.81. The summed E-state index contributed by atoms with van der Waals surface area (Å²) >= 11 is 0. The zero-order chi connectivity index (χ0) is 22.4. The number of hydrogen-bond donors (Lipinski definition) is 2. The van der Waals surface area contributed by atoms with Crippen molar-refractivity contribution in [2.75, 3.05) is 18.1 Å². The van der Waals surface area contributed by atoms with Crippen molar-refractivity contribution in [1.29, 1.82) is 0 Å². The fourth-order valence-electron chi connectivity index (χ4n) is 4.00. The van der Waals surface area contributed by atoms with E-state index in [1.54, 1.807) is 63.2 Å². The highest BCUT2D eigenvalue weighted by Gasteiger charge is 2.44. The Morgan fingerprint density at radius 1 is 1.19 bits per heavy atom. The van der Waals surface area contributed by atoms with E-state index in [0.29, 0.717) is 35.6 Å². The van der Waals surface area contributed by atoms with Crippen molar-refractivity contribution >= 4 is 21.8 Å². The number of cyclic esters (lactones) is 1. The molecule has 31 heavy (non-hydrogen) atoms. The van der Waals surface area contributed by atoms with Crippen LogP contribution < -0.4 is 14.4 Å². The Hall–Kier alpha value is -2.62. The van der Waals surface area contributed by atoms with Crippen LogP contribution in [0.1, 0.15) is 27.2 Å². The average molecular weight is 447 g/mol. The van der Waals surface area contributed by atoms with Crippen molar-refractivity contribution in [1.82, 2.24) is 4.72 Å². The molecule has 2 aliphatic heterocycles. The SMILES string of the molecule is CC(C)(C)NS(=O)(=O)c1ccccc1-c1ccc2c(c1)OCC[C@H]1[C@H](CO)OC(=O)N21. The van der Waals surface area contributed by atoms with Crippen LogP contribution in [0.4, 0.5) is 10.5 Å². The minimum Gasteiger partial charge on any atom is -0.491 e. The molecule has 166 valence electrons. The molecule has 2 aliphatic rings. The molecule has 0 radical (unpaired) electrons. The molecule has 0 bridgehead atoms. The van der Waals surface area contributed by atoms with Crippen molar-refractivity contribution in [3.8, 4) is 16.9 Å². The van der Waals surface area contributed by atoms with Gasteiger partial charge in [0.15, 0.2) is 0 Å². The molecule has 2 aromatic rings. The van der Waals surface area contributed by atoms with Gasteiger partial charge in [0.1, 0.15) is 11.9 Å². The van der Waals surface area contributed by atoms with Crippen LogP contribution in [-0.4, -0.2) is 50.5 Å². The number of aliphatic hydroxyl groups excluding tert-OH is 1. The summed E-state index contributed by atoms with van der Waals surface area (Å²) in [5.74, 6) is 0.464. The van der Waals surface area contributed by atoms with E-state index in [1.807, 2.05) is 0 Å². The molecule has 2 aromatic carbocycles. The molecule has 2 atom stereocenters. The smallest absolute Gasteiger partial charge is 0.415 e. The van der Waals surface area contributed by atoms with Crippen LogP contribution >= 0.6 is 0 Å². The predicted octanol–water partition coefficient (Wildman–Crippen LogP) is 2.90. The number of nitrogens with one attached hydrogen (secondary N) is 1. The maximum absolute atomic E-state index is 13.0. The molecule has 8 nitrogen and oxygen atoms in total. The Kier molecular flexibility index (Phi) is 5.45. The van der Waals surface area contributed by atoms with Gasteiger partial charge in [-0.2, -0.15) is 0 Å². The van der Waals surface area contributed by atoms with Gasteiger partial charge in [0.05, 0.1) is 29.8 Å². The fourth-order valence-corrected chi connectivity index (χ4v) is 5.65. The lowest BCUT2D eigenvalue weighted by molar-refractivity contribution is 0.0793. The molecule has 1 amide bonds. The zero-order valence-electron chi connectivity index (χ0n) is 17.7. The molecule has 9 heteroatoms. The highest BCUT2D eigenvalue weighted by Crippen LogP contribution is 2.41. The first-order valence-corrected chi connectivity index (χ1v) is 11.6.